The lowest BCUT2D eigenvalue weighted by Gasteiger charge is -2.17. The van der Waals surface area contributed by atoms with Crippen LogP contribution in [-0.2, 0) is 5.41 Å². The predicted octanol–water partition coefficient (Wildman–Crippen LogP) is 2.04. The minimum absolute atomic E-state index is 0. The minimum atomic E-state index is 0. The zero-order valence-electron chi connectivity index (χ0n) is 13.4. The predicted molar refractivity (Wildman–Crippen MR) is 87.4 cm³/mol. The van der Waals surface area contributed by atoms with Crippen molar-refractivity contribution in [3.8, 4) is 0 Å². The Labute approximate surface area is 138 Å². The molecular formula is C19H24BrN. The molecule has 0 radical (unpaired) electrons. The maximum Gasteiger partial charge on any atom is 0.210 e. The summed E-state index contributed by atoms with van der Waals surface area (Å²) in [7, 11) is 0. The molecule has 0 unspecified atom stereocenters. The van der Waals surface area contributed by atoms with Crippen LogP contribution in [0.3, 0.4) is 0 Å². The van der Waals surface area contributed by atoms with Gasteiger partial charge in [-0.15, -0.1) is 0 Å². The Kier molecular flexibility index (Phi) is 4.57. The molecule has 1 heterocycles. The molecule has 1 nitrogen and oxygen atoms in total. The fraction of sp³-hybridized carbons (Fsp3) is 0.421. The van der Waals surface area contributed by atoms with E-state index in [0.29, 0.717) is 0 Å². The fourth-order valence-electron chi connectivity index (χ4n) is 3.45. The third kappa shape index (κ3) is 2.44. The van der Waals surface area contributed by atoms with E-state index in [1.807, 2.05) is 0 Å². The first kappa shape index (κ1) is 16.2. The number of fused-ring (bicyclic) bond motifs is 3. The van der Waals surface area contributed by atoms with Crippen molar-refractivity contribution in [3.63, 3.8) is 0 Å². The Bertz CT molecular complexity index is 698. The highest BCUT2D eigenvalue weighted by Crippen LogP contribution is 2.43. The second kappa shape index (κ2) is 5.92. The van der Waals surface area contributed by atoms with Gasteiger partial charge >= 0.3 is 0 Å². The maximum absolute atomic E-state index is 2.53. The highest BCUT2D eigenvalue weighted by Gasteiger charge is 2.43. The van der Waals surface area contributed by atoms with Gasteiger partial charge < -0.3 is 17.0 Å². The number of benzene rings is 2. The van der Waals surface area contributed by atoms with Gasteiger partial charge in [-0.3, -0.25) is 0 Å². The third-order valence-corrected chi connectivity index (χ3v) is 4.87. The first-order valence-electron chi connectivity index (χ1n) is 7.71. The molecule has 0 amide bonds. The van der Waals surface area contributed by atoms with Crippen molar-refractivity contribution in [2.24, 2.45) is 0 Å². The van der Waals surface area contributed by atoms with Gasteiger partial charge in [-0.2, -0.15) is 4.58 Å². The Hall–Kier alpha value is -1.15. The van der Waals surface area contributed by atoms with Crippen molar-refractivity contribution < 1.29 is 21.6 Å². The third-order valence-electron chi connectivity index (χ3n) is 4.87. The molecule has 0 atom stereocenters. The van der Waals surface area contributed by atoms with Crippen LogP contribution in [0.5, 0.6) is 0 Å². The zero-order valence-corrected chi connectivity index (χ0v) is 15.0. The zero-order chi connectivity index (χ0) is 14.3. The van der Waals surface area contributed by atoms with E-state index in [-0.39, 0.29) is 22.4 Å². The molecule has 0 saturated heterocycles. The first-order valence-corrected chi connectivity index (χ1v) is 7.71. The van der Waals surface area contributed by atoms with Crippen molar-refractivity contribution in [3.05, 3.63) is 42.0 Å². The summed E-state index contributed by atoms with van der Waals surface area (Å²) >= 11 is 0. The molecule has 3 rings (SSSR count). The molecule has 0 bridgehead atoms. The summed E-state index contributed by atoms with van der Waals surface area (Å²) in [6, 6.07) is 13.3. The van der Waals surface area contributed by atoms with Gasteiger partial charge in [0.05, 0.1) is 5.41 Å². The van der Waals surface area contributed by atoms with Crippen LogP contribution in [0.25, 0.3) is 10.8 Å². The summed E-state index contributed by atoms with van der Waals surface area (Å²) in [4.78, 5) is 0. The summed E-state index contributed by atoms with van der Waals surface area (Å²) in [6.07, 6.45) is 2.49. The number of nitrogens with zero attached hydrogens (tertiary/aromatic N) is 1. The van der Waals surface area contributed by atoms with Crippen LogP contribution in [0.1, 0.15) is 46.1 Å². The van der Waals surface area contributed by atoms with Crippen LogP contribution >= 0.6 is 0 Å². The molecule has 2 heteroatoms. The Morgan fingerprint density at radius 2 is 1.76 bits per heavy atom. The molecule has 0 saturated carbocycles. The van der Waals surface area contributed by atoms with Crippen LogP contribution in [0, 0.1) is 0 Å². The van der Waals surface area contributed by atoms with Crippen molar-refractivity contribution >= 4 is 22.2 Å². The van der Waals surface area contributed by atoms with Gasteiger partial charge in [-0.05, 0) is 30.7 Å². The summed E-state index contributed by atoms with van der Waals surface area (Å²) in [5.74, 6) is 0. The normalized spacial score (nSPS) is 16.0. The van der Waals surface area contributed by atoms with Crippen molar-refractivity contribution in [2.75, 3.05) is 6.54 Å². The highest BCUT2D eigenvalue weighted by atomic mass is 79.9. The molecular weight excluding hydrogens is 322 g/mol. The van der Waals surface area contributed by atoms with E-state index in [1.165, 1.54) is 40.6 Å². The summed E-state index contributed by atoms with van der Waals surface area (Å²) in [5, 5.41) is 2.76. The fourth-order valence-corrected chi connectivity index (χ4v) is 3.45. The number of hydrogen-bond donors (Lipinski definition) is 0. The largest absolute Gasteiger partial charge is 1.00 e. The van der Waals surface area contributed by atoms with E-state index in [0.717, 1.165) is 6.54 Å². The lowest BCUT2D eigenvalue weighted by atomic mass is 9.80. The van der Waals surface area contributed by atoms with Crippen molar-refractivity contribution in [1.82, 2.24) is 0 Å². The van der Waals surface area contributed by atoms with E-state index in [4.69, 9.17) is 0 Å². The Morgan fingerprint density at radius 1 is 1.05 bits per heavy atom. The van der Waals surface area contributed by atoms with Gasteiger partial charge in [0.25, 0.3) is 0 Å². The van der Waals surface area contributed by atoms with Gasteiger partial charge in [0.15, 0.2) is 5.71 Å². The van der Waals surface area contributed by atoms with E-state index in [2.05, 4.69) is 68.7 Å². The summed E-state index contributed by atoms with van der Waals surface area (Å²) in [5.41, 5.74) is 4.53. The van der Waals surface area contributed by atoms with Crippen LogP contribution in [0.4, 0.5) is 5.69 Å². The summed E-state index contributed by atoms with van der Waals surface area (Å²) < 4.78 is 2.53. The molecule has 21 heavy (non-hydrogen) atoms. The molecule has 1 aliphatic rings. The maximum atomic E-state index is 2.53. The smallest absolute Gasteiger partial charge is 0.210 e. The molecule has 0 aromatic heterocycles. The van der Waals surface area contributed by atoms with Gasteiger partial charge in [0, 0.05) is 25.0 Å². The van der Waals surface area contributed by atoms with E-state index >= 15 is 0 Å². The molecule has 0 fully saturated rings. The lowest BCUT2D eigenvalue weighted by Crippen LogP contribution is -3.00. The van der Waals surface area contributed by atoms with E-state index < -0.39 is 0 Å². The summed E-state index contributed by atoms with van der Waals surface area (Å²) in [6.45, 7) is 10.4. The molecule has 2 aromatic carbocycles. The van der Waals surface area contributed by atoms with Crippen molar-refractivity contribution in [2.45, 2.75) is 46.0 Å². The minimum Gasteiger partial charge on any atom is -1.00 e. The standard InChI is InChI=1S/C19H24N.BrH/c1-5-6-13-20-14(2)19(3,4)18-16-10-8-7-9-15(16)11-12-17(18)20;/h7-12H,5-6,13H2,1-4H3;1H/q+1;/p-1. The number of halogens is 1. The number of rotatable bonds is 3. The first-order chi connectivity index (χ1) is 9.57. The van der Waals surface area contributed by atoms with Gasteiger partial charge in [-0.25, -0.2) is 0 Å². The van der Waals surface area contributed by atoms with E-state index in [9.17, 15) is 0 Å². The second-order valence-electron chi connectivity index (χ2n) is 6.40. The van der Waals surface area contributed by atoms with Crippen LogP contribution < -0.4 is 17.0 Å². The Balaban J connectivity index is 0.00000161. The SMILES string of the molecule is CCCC[N+]1=C(C)C(C)(C)c2c1ccc1ccccc21.[Br-]. The number of unbranched alkanes of at least 4 members (excludes halogenated alkanes) is 1. The van der Waals surface area contributed by atoms with Crippen LogP contribution in [0.15, 0.2) is 36.4 Å². The molecule has 0 N–H and O–H groups in total. The molecule has 0 aliphatic carbocycles. The van der Waals surface area contributed by atoms with Crippen LogP contribution in [0.2, 0.25) is 0 Å². The molecule has 1 aliphatic heterocycles. The molecule has 0 spiro atoms. The van der Waals surface area contributed by atoms with Gasteiger partial charge in [0.2, 0.25) is 5.69 Å². The van der Waals surface area contributed by atoms with Gasteiger partial charge in [-0.1, -0.05) is 37.6 Å². The van der Waals surface area contributed by atoms with E-state index in [1.54, 1.807) is 0 Å². The molecule has 2 aromatic rings. The Morgan fingerprint density at radius 3 is 2.48 bits per heavy atom. The quantitative estimate of drug-likeness (QED) is 0.749. The second-order valence-corrected chi connectivity index (χ2v) is 6.40. The molecule has 112 valence electrons. The monoisotopic (exact) mass is 345 g/mol. The average molecular weight is 346 g/mol. The average Bonchev–Trinajstić information content (AvgIpc) is 2.65. The highest BCUT2D eigenvalue weighted by molar-refractivity contribution is 6.01. The number of hydrogen-bond acceptors (Lipinski definition) is 0. The lowest BCUT2D eigenvalue weighted by molar-refractivity contribution is -0.439. The van der Waals surface area contributed by atoms with Crippen LogP contribution in [-0.4, -0.2) is 16.8 Å². The van der Waals surface area contributed by atoms with Crippen molar-refractivity contribution in [1.29, 1.82) is 0 Å². The van der Waals surface area contributed by atoms with Gasteiger partial charge in [0.1, 0.15) is 6.54 Å². The topological polar surface area (TPSA) is 3.01 Å².